The maximum atomic E-state index is 13.4. The standard InChI is InChI=1S/C45H52N6O8.C35H44N6O4.C17H15NO7/c1-3-51(45(56)59-41-13-4-32(26-31(41)2)27-42(52)53)38-14-16-50(17-15-38)43(54)34-7-11-37(12-8-34)47-44(55)46-36-9-5-33(6-10-36)35-28-39(48-18-22-57-23-19-48)30-40(29-35)49-20-24-58-25-21-49;1-2-36-29-11-13-41(14-12-29)34(42)27-5-9-31(10-6-27)38-35(43)37-30-7-3-26(4-8-30)28-23-32(39-15-19-44-20-16-39)25-33(24-28)40-17-21-45-22-18-40;1-11-9-12(10-16(19)23-2)3-8-15(11)25-17(20)24-14-6-4-13(5-7-14)18(21)22/h4-13,26,28-30,38H,3,14-25,27H2,1-2H3,(H,52,53)(H2,46,47,55);3-10,23-25,29,36H,2,11-22H2,1H3,(H2,37,38,43);3-9H,10H2,1-2H3. The highest BCUT2D eigenvalue weighted by Gasteiger charge is 2.32. The molecule has 6 saturated heterocycles. The van der Waals surface area contributed by atoms with Gasteiger partial charge >= 0.3 is 36.2 Å². The molecule has 6 N–H and O–H groups in total. The number of likely N-dealkylation sites (tertiary alicyclic amines) is 2. The van der Waals surface area contributed by atoms with Gasteiger partial charge < -0.3 is 104 Å². The van der Waals surface area contributed by atoms with Gasteiger partial charge in [-0.15, -0.1) is 0 Å². The number of nitrogens with one attached hydrogen (secondary N) is 5. The first-order valence-electron chi connectivity index (χ1n) is 43.7. The van der Waals surface area contributed by atoms with Gasteiger partial charge in [-0.05, 0) is 231 Å². The number of hydrogen-bond donors (Lipinski definition) is 6. The summed E-state index contributed by atoms with van der Waals surface area (Å²) in [6.45, 7) is 24.0. The molecule has 0 spiro atoms. The number of carbonyl (C=O) groups excluding carboxylic acids is 7. The monoisotopic (exact) mass is 1760 g/mol. The summed E-state index contributed by atoms with van der Waals surface area (Å²) in [5.74, 6) is -0.588. The molecular weight excluding hydrogens is 1650 g/mol. The molecule has 15 rings (SSSR count). The number of carboxylic acid groups (broad SMARTS) is 1. The molecule has 0 saturated carbocycles. The minimum absolute atomic E-state index is 0.0357. The Morgan fingerprint density at radius 3 is 1.17 bits per heavy atom. The maximum absolute atomic E-state index is 13.4. The normalized spacial score (nSPS) is 15.4. The summed E-state index contributed by atoms with van der Waals surface area (Å²) in [5.41, 5.74) is 15.3. The van der Waals surface area contributed by atoms with E-state index in [4.69, 9.17) is 38.3 Å². The van der Waals surface area contributed by atoms with Crippen molar-refractivity contribution in [3.05, 3.63) is 238 Å². The van der Waals surface area contributed by atoms with E-state index in [1.165, 1.54) is 54.1 Å². The highest BCUT2D eigenvalue weighted by molar-refractivity contribution is 6.02. The topological polar surface area (TPSA) is 357 Å². The Morgan fingerprint density at radius 2 is 0.814 bits per heavy atom. The van der Waals surface area contributed by atoms with E-state index in [-0.39, 0.29) is 59.9 Å². The Labute approximate surface area is 749 Å². The zero-order chi connectivity index (χ0) is 90.7. The van der Waals surface area contributed by atoms with Crippen molar-refractivity contribution in [3.8, 4) is 39.5 Å². The quantitative estimate of drug-likeness (QED) is 0.0142. The van der Waals surface area contributed by atoms with Crippen molar-refractivity contribution in [3.63, 3.8) is 0 Å². The molecule has 6 fully saturated rings. The van der Waals surface area contributed by atoms with Gasteiger partial charge in [-0.25, -0.2) is 19.2 Å². The lowest BCUT2D eigenvalue weighted by atomic mass is 10.0. The Morgan fingerprint density at radius 1 is 0.442 bits per heavy atom. The number of nitro groups is 1. The summed E-state index contributed by atoms with van der Waals surface area (Å²) in [6.07, 6.45) is 1.70. The Balaban J connectivity index is 0.000000179. The van der Waals surface area contributed by atoms with Crippen molar-refractivity contribution in [2.45, 2.75) is 78.3 Å². The number of hydrogen-bond acceptors (Lipinski definition) is 23. The average molecular weight is 1760 g/mol. The minimum Gasteiger partial charge on any atom is -0.481 e. The molecule has 0 radical (unpaired) electrons. The van der Waals surface area contributed by atoms with Crippen LogP contribution in [-0.2, 0) is 46.1 Å². The zero-order valence-corrected chi connectivity index (χ0v) is 73.3. The van der Waals surface area contributed by atoms with Crippen LogP contribution in [0, 0.1) is 24.0 Å². The molecule has 6 aliphatic heterocycles. The predicted octanol–water partition coefficient (Wildman–Crippen LogP) is 14.8. The summed E-state index contributed by atoms with van der Waals surface area (Å²) < 4.78 is 42.7. The number of esters is 1. The maximum Gasteiger partial charge on any atom is 0.519 e. The highest BCUT2D eigenvalue weighted by Crippen LogP contribution is 2.37. The Bertz CT molecular complexity index is 5270. The lowest BCUT2D eigenvalue weighted by molar-refractivity contribution is -0.384. The van der Waals surface area contributed by atoms with Crippen LogP contribution in [0.4, 0.5) is 70.4 Å². The van der Waals surface area contributed by atoms with Crippen molar-refractivity contribution < 1.29 is 86.3 Å². The molecule has 678 valence electrons. The number of rotatable bonds is 24. The number of non-ortho nitro benzene ring substituents is 1. The van der Waals surface area contributed by atoms with Gasteiger partial charge in [-0.2, -0.15) is 0 Å². The molecule has 6 heterocycles. The van der Waals surface area contributed by atoms with E-state index >= 15 is 0 Å². The van der Waals surface area contributed by atoms with Crippen LogP contribution in [0.5, 0.6) is 17.2 Å². The number of urea groups is 2. The molecule has 7 amide bonds. The fraction of sp³-hybridized carbons (Fsp3) is 0.361. The third-order valence-electron chi connectivity index (χ3n) is 23.1. The number of aryl methyl sites for hydroxylation is 2. The van der Waals surface area contributed by atoms with E-state index in [9.17, 15) is 48.5 Å². The molecule has 9 aromatic carbocycles. The van der Waals surface area contributed by atoms with E-state index in [2.05, 4.69) is 94.2 Å². The molecule has 32 heteroatoms. The summed E-state index contributed by atoms with van der Waals surface area (Å²) in [4.78, 5) is 124. The van der Waals surface area contributed by atoms with Crippen molar-refractivity contribution in [1.29, 1.82) is 0 Å². The van der Waals surface area contributed by atoms with Crippen LogP contribution in [-0.4, -0.2) is 236 Å². The number of carbonyl (C=O) groups is 8. The van der Waals surface area contributed by atoms with E-state index in [0.29, 0.717) is 121 Å². The van der Waals surface area contributed by atoms with Crippen LogP contribution >= 0.6 is 0 Å². The molecule has 0 aliphatic carbocycles. The average Bonchev–Trinajstić information content (AvgIpc) is 0.803. The molecule has 0 atom stereocenters. The van der Waals surface area contributed by atoms with Crippen LogP contribution in [0.15, 0.2) is 194 Å². The number of nitro benzene ring substituents is 1. The van der Waals surface area contributed by atoms with Crippen molar-refractivity contribution in [1.82, 2.24) is 20.0 Å². The first kappa shape index (κ1) is 93.0. The van der Waals surface area contributed by atoms with E-state index in [1.54, 1.807) is 109 Å². The van der Waals surface area contributed by atoms with Crippen LogP contribution in [0.2, 0.25) is 0 Å². The van der Waals surface area contributed by atoms with Crippen molar-refractivity contribution >= 4 is 99.3 Å². The number of carboxylic acids is 1. The lowest BCUT2D eigenvalue weighted by Crippen LogP contribution is -2.49. The largest absolute Gasteiger partial charge is 0.519 e. The van der Waals surface area contributed by atoms with Crippen LogP contribution in [0.3, 0.4) is 0 Å². The second kappa shape index (κ2) is 45.7. The Kier molecular flexibility index (Phi) is 32.9. The van der Waals surface area contributed by atoms with Crippen molar-refractivity contribution in [2.24, 2.45) is 0 Å². The molecule has 9 aromatic rings. The highest BCUT2D eigenvalue weighted by atomic mass is 16.7. The molecule has 0 unspecified atom stereocenters. The fourth-order valence-corrected chi connectivity index (χ4v) is 16.1. The number of ether oxygens (including phenoxy) is 8. The summed E-state index contributed by atoms with van der Waals surface area (Å²) in [5, 5.41) is 34.7. The van der Waals surface area contributed by atoms with Crippen LogP contribution in [0.1, 0.15) is 82.5 Å². The minimum atomic E-state index is -0.974. The smallest absolute Gasteiger partial charge is 0.481 e. The number of nitrogens with zero attached hydrogens (tertiary/aromatic N) is 8. The molecular formula is C97H111N13O19. The van der Waals surface area contributed by atoms with E-state index in [1.807, 2.05) is 60.4 Å². The van der Waals surface area contributed by atoms with Gasteiger partial charge in [0, 0.05) is 166 Å². The summed E-state index contributed by atoms with van der Waals surface area (Å²) >= 11 is 0. The third kappa shape index (κ3) is 26.5. The fourth-order valence-electron chi connectivity index (χ4n) is 16.1. The number of methoxy groups -OCH3 is 1. The first-order chi connectivity index (χ1) is 62.6. The Hall–Kier alpha value is -13.7. The van der Waals surface area contributed by atoms with Gasteiger partial charge in [0.05, 0.1) is 77.7 Å². The molecule has 0 aromatic heterocycles. The van der Waals surface area contributed by atoms with E-state index < -0.39 is 29.2 Å². The number of morpholine rings is 4. The van der Waals surface area contributed by atoms with Crippen LogP contribution < -0.4 is 60.4 Å². The number of anilines is 8. The second-order valence-corrected chi connectivity index (χ2v) is 31.9. The predicted molar refractivity (Wildman–Crippen MR) is 493 cm³/mol. The first-order valence-corrected chi connectivity index (χ1v) is 43.7. The van der Waals surface area contributed by atoms with Gasteiger partial charge in [0.1, 0.15) is 17.2 Å². The van der Waals surface area contributed by atoms with E-state index in [0.717, 1.165) is 139 Å². The van der Waals surface area contributed by atoms with Gasteiger partial charge in [0.25, 0.3) is 17.5 Å². The molecule has 0 bridgehead atoms. The number of aliphatic carboxylic acids is 1. The molecule has 32 nitrogen and oxygen atoms in total. The third-order valence-corrected chi connectivity index (χ3v) is 23.1. The zero-order valence-electron chi connectivity index (χ0n) is 73.3. The summed E-state index contributed by atoms with van der Waals surface area (Å²) in [6, 6.07) is 57.7. The number of benzene rings is 9. The van der Waals surface area contributed by atoms with Gasteiger partial charge in [-0.3, -0.25) is 29.3 Å². The second-order valence-electron chi connectivity index (χ2n) is 31.9. The lowest BCUT2D eigenvalue weighted by Gasteiger charge is -2.37. The summed E-state index contributed by atoms with van der Waals surface area (Å²) in [7, 11) is 1.31. The SMILES string of the molecule is CCN(C(=O)Oc1ccc(CC(=O)O)cc1C)C1CCN(C(=O)c2ccc(NC(=O)Nc3ccc(-c4cc(N5CCOCC5)cc(N5CCOCC5)c4)cc3)cc2)CC1.CCNC1CCN(C(=O)c2ccc(NC(=O)Nc3ccc(-c4cc(N5CCOCC5)cc(N5CCOCC5)c4)cc3)cc2)CC1.COC(=O)Cc1ccc(OC(=O)Oc2ccc([N+](=O)[O-])cc2)c(C)c1. The molecule has 6 aliphatic rings. The van der Waals surface area contributed by atoms with Gasteiger partial charge in [0.15, 0.2) is 0 Å². The number of piperidine rings is 2. The van der Waals surface area contributed by atoms with Gasteiger partial charge in [-0.1, -0.05) is 55.5 Å². The van der Waals surface area contributed by atoms with Gasteiger partial charge in [0.2, 0.25) is 0 Å². The molecule has 129 heavy (non-hydrogen) atoms. The number of amides is 7. The van der Waals surface area contributed by atoms with Crippen LogP contribution in [0.25, 0.3) is 22.3 Å². The van der Waals surface area contributed by atoms with Crippen molar-refractivity contribution in [2.75, 3.05) is 192 Å².